The fourth-order valence-electron chi connectivity index (χ4n) is 1.76. The Labute approximate surface area is 115 Å². The molecule has 0 spiro atoms. The first-order valence-electron chi connectivity index (χ1n) is 6.09. The molecule has 0 fully saturated rings. The van der Waals surface area contributed by atoms with Crippen molar-refractivity contribution in [3.05, 3.63) is 46.2 Å². The third kappa shape index (κ3) is 3.36. The SMILES string of the molecule is CCC(NC(=O)c1csc(CN)n1)c1ccncc1. The summed E-state index contributed by atoms with van der Waals surface area (Å²) in [5, 5.41) is 5.47. The number of aromatic nitrogens is 2. The number of hydrogen-bond donors (Lipinski definition) is 2. The molecule has 5 nitrogen and oxygen atoms in total. The Hall–Kier alpha value is -1.79. The highest BCUT2D eigenvalue weighted by Crippen LogP contribution is 2.17. The lowest BCUT2D eigenvalue weighted by Crippen LogP contribution is -2.28. The highest BCUT2D eigenvalue weighted by Gasteiger charge is 2.16. The quantitative estimate of drug-likeness (QED) is 0.873. The lowest BCUT2D eigenvalue weighted by molar-refractivity contribution is 0.0931. The summed E-state index contributed by atoms with van der Waals surface area (Å²) < 4.78 is 0. The fraction of sp³-hybridized carbons (Fsp3) is 0.308. The number of nitrogens with two attached hydrogens (primary N) is 1. The molecule has 0 aliphatic heterocycles. The molecule has 3 N–H and O–H groups in total. The standard InChI is InChI=1S/C13H16N4OS/c1-2-10(9-3-5-15-6-4-9)17-13(18)11-8-19-12(7-14)16-11/h3-6,8,10H,2,7,14H2,1H3,(H,17,18). The van der Waals surface area contributed by atoms with Gasteiger partial charge in [0.15, 0.2) is 0 Å². The molecule has 2 aromatic rings. The van der Waals surface area contributed by atoms with Crippen molar-refractivity contribution in [1.82, 2.24) is 15.3 Å². The molecule has 1 atom stereocenters. The van der Waals surface area contributed by atoms with Crippen molar-refractivity contribution in [3.8, 4) is 0 Å². The summed E-state index contributed by atoms with van der Waals surface area (Å²) in [5.74, 6) is -0.167. The van der Waals surface area contributed by atoms with E-state index in [4.69, 9.17) is 5.73 Å². The molecule has 0 bridgehead atoms. The van der Waals surface area contributed by atoms with Crippen LogP contribution < -0.4 is 11.1 Å². The topological polar surface area (TPSA) is 80.9 Å². The summed E-state index contributed by atoms with van der Waals surface area (Å²) in [6.45, 7) is 2.39. The molecule has 2 heterocycles. The molecule has 19 heavy (non-hydrogen) atoms. The maximum Gasteiger partial charge on any atom is 0.271 e. The molecule has 0 aliphatic rings. The Balaban J connectivity index is 2.08. The number of pyridine rings is 1. The Morgan fingerprint density at radius 1 is 1.47 bits per heavy atom. The van der Waals surface area contributed by atoms with Crippen LogP contribution in [0.25, 0.3) is 0 Å². The van der Waals surface area contributed by atoms with Crippen molar-refractivity contribution < 1.29 is 4.79 Å². The average molecular weight is 276 g/mol. The molecule has 0 aliphatic carbocycles. The zero-order chi connectivity index (χ0) is 13.7. The normalized spacial score (nSPS) is 12.1. The van der Waals surface area contributed by atoms with E-state index in [1.54, 1.807) is 17.8 Å². The van der Waals surface area contributed by atoms with E-state index in [1.807, 2.05) is 19.1 Å². The zero-order valence-corrected chi connectivity index (χ0v) is 11.5. The van der Waals surface area contributed by atoms with Gasteiger partial charge in [-0.2, -0.15) is 0 Å². The van der Waals surface area contributed by atoms with Gasteiger partial charge in [0.1, 0.15) is 10.7 Å². The molecule has 1 unspecified atom stereocenters. The van der Waals surface area contributed by atoms with E-state index in [-0.39, 0.29) is 11.9 Å². The number of amides is 1. The number of carbonyl (C=O) groups is 1. The summed E-state index contributed by atoms with van der Waals surface area (Å²) >= 11 is 1.40. The van der Waals surface area contributed by atoms with Crippen LogP contribution in [0.1, 0.15) is 40.4 Å². The maximum atomic E-state index is 12.1. The van der Waals surface area contributed by atoms with Crippen LogP contribution in [-0.2, 0) is 6.54 Å². The van der Waals surface area contributed by atoms with Gasteiger partial charge in [0.25, 0.3) is 5.91 Å². The third-order valence-electron chi connectivity index (χ3n) is 2.78. The van der Waals surface area contributed by atoms with Crippen LogP contribution in [-0.4, -0.2) is 15.9 Å². The van der Waals surface area contributed by atoms with Gasteiger partial charge in [0.2, 0.25) is 0 Å². The molecule has 6 heteroatoms. The first-order valence-corrected chi connectivity index (χ1v) is 6.97. The van der Waals surface area contributed by atoms with Gasteiger partial charge in [-0.25, -0.2) is 4.98 Å². The minimum Gasteiger partial charge on any atom is -0.344 e. The molecule has 100 valence electrons. The molecule has 1 amide bonds. The van der Waals surface area contributed by atoms with Gasteiger partial charge in [-0.3, -0.25) is 9.78 Å². The van der Waals surface area contributed by atoms with Crippen molar-refractivity contribution in [2.24, 2.45) is 5.73 Å². The van der Waals surface area contributed by atoms with E-state index in [0.717, 1.165) is 17.0 Å². The predicted octanol–water partition coefficient (Wildman–Crippen LogP) is 1.88. The maximum absolute atomic E-state index is 12.1. The zero-order valence-electron chi connectivity index (χ0n) is 10.7. The van der Waals surface area contributed by atoms with Crippen LogP contribution in [0.4, 0.5) is 0 Å². The Morgan fingerprint density at radius 2 is 2.21 bits per heavy atom. The number of nitrogens with zero attached hydrogens (tertiary/aromatic N) is 2. The first-order chi connectivity index (χ1) is 9.24. The molecule has 0 saturated heterocycles. The highest BCUT2D eigenvalue weighted by molar-refractivity contribution is 7.09. The summed E-state index contributed by atoms with van der Waals surface area (Å²) in [6.07, 6.45) is 4.25. The summed E-state index contributed by atoms with van der Waals surface area (Å²) in [5.41, 5.74) is 6.96. The van der Waals surface area contributed by atoms with Crippen molar-refractivity contribution in [3.63, 3.8) is 0 Å². The van der Waals surface area contributed by atoms with Crippen LogP contribution in [0, 0.1) is 0 Å². The van der Waals surface area contributed by atoms with Crippen molar-refractivity contribution in [2.45, 2.75) is 25.9 Å². The van der Waals surface area contributed by atoms with Crippen molar-refractivity contribution in [1.29, 1.82) is 0 Å². The van der Waals surface area contributed by atoms with Crippen LogP contribution in [0.15, 0.2) is 29.9 Å². The van der Waals surface area contributed by atoms with E-state index in [0.29, 0.717) is 12.2 Å². The highest BCUT2D eigenvalue weighted by atomic mass is 32.1. The molecule has 2 aromatic heterocycles. The minimum atomic E-state index is -0.167. The van der Waals surface area contributed by atoms with Gasteiger partial charge in [-0.1, -0.05) is 6.92 Å². The lowest BCUT2D eigenvalue weighted by Gasteiger charge is -2.16. The first kappa shape index (κ1) is 13.6. The van der Waals surface area contributed by atoms with Crippen LogP contribution in [0.2, 0.25) is 0 Å². The van der Waals surface area contributed by atoms with E-state index in [1.165, 1.54) is 11.3 Å². The van der Waals surface area contributed by atoms with E-state index >= 15 is 0 Å². The third-order valence-corrected chi connectivity index (χ3v) is 3.65. The summed E-state index contributed by atoms with van der Waals surface area (Å²) in [6, 6.07) is 3.78. The molecular formula is C13H16N4OS. The van der Waals surface area contributed by atoms with Gasteiger partial charge < -0.3 is 11.1 Å². The Morgan fingerprint density at radius 3 is 2.79 bits per heavy atom. The smallest absolute Gasteiger partial charge is 0.271 e. The lowest BCUT2D eigenvalue weighted by atomic mass is 10.1. The second-order valence-corrected chi connectivity index (χ2v) is 4.99. The van der Waals surface area contributed by atoms with E-state index < -0.39 is 0 Å². The van der Waals surface area contributed by atoms with Gasteiger partial charge in [-0.05, 0) is 24.1 Å². The Kier molecular flexibility index (Phi) is 4.59. The van der Waals surface area contributed by atoms with Gasteiger partial charge in [0, 0.05) is 24.3 Å². The Bertz CT molecular complexity index is 541. The molecular weight excluding hydrogens is 260 g/mol. The van der Waals surface area contributed by atoms with Crippen molar-refractivity contribution >= 4 is 17.2 Å². The van der Waals surface area contributed by atoms with E-state index in [9.17, 15) is 4.79 Å². The summed E-state index contributed by atoms with van der Waals surface area (Å²) in [7, 11) is 0. The number of rotatable bonds is 5. The predicted molar refractivity (Wildman–Crippen MR) is 74.7 cm³/mol. The molecule has 0 saturated carbocycles. The number of nitrogens with one attached hydrogen (secondary N) is 1. The molecule has 0 radical (unpaired) electrons. The van der Waals surface area contributed by atoms with Crippen LogP contribution in [0.3, 0.4) is 0 Å². The number of carbonyl (C=O) groups excluding carboxylic acids is 1. The molecule has 0 aromatic carbocycles. The number of hydrogen-bond acceptors (Lipinski definition) is 5. The van der Waals surface area contributed by atoms with Gasteiger partial charge in [0.05, 0.1) is 6.04 Å². The number of thiazole rings is 1. The van der Waals surface area contributed by atoms with Gasteiger partial charge in [-0.15, -0.1) is 11.3 Å². The average Bonchev–Trinajstić information content (AvgIpc) is 2.94. The fourth-order valence-corrected chi connectivity index (χ4v) is 2.41. The second kappa shape index (κ2) is 6.40. The summed E-state index contributed by atoms with van der Waals surface area (Å²) in [4.78, 5) is 20.2. The second-order valence-electron chi connectivity index (χ2n) is 4.05. The van der Waals surface area contributed by atoms with Crippen LogP contribution >= 0.6 is 11.3 Å². The monoisotopic (exact) mass is 276 g/mol. The van der Waals surface area contributed by atoms with Crippen LogP contribution in [0.5, 0.6) is 0 Å². The van der Waals surface area contributed by atoms with Crippen molar-refractivity contribution in [2.75, 3.05) is 0 Å². The van der Waals surface area contributed by atoms with E-state index in [2.05, 4.69) is 15.3 Å². The minimum absolute atomic E-state index is 0.0291. The largest absolute Gasteiger partial charge is 0.344 e. The molecule has 2 rings (SSSR count). The van der Waals surface area contributed by atoms with Gasteiger partial charge >= 0.3 is 0 Å².